The van der Waals surface area contributed by atoms with Crippen molar-refractivity contribution < 1.29 is 9.90 Å². The van der Waals surface area contributed by atoms with Crippen molar-refractivity contribution in [2.45, 2.75) is 77.7 Å². The monoisotopic (exact) mass is 410 g/mol. The Morgan fingerprint density at radius 3 is 2.44 bits per heavy atom. The van der Waals surface area contributed by atoms with Crippen LogP contribution in [-0.4, -0.2) is 21.8 Å². The number of rotatable bonds is 2. The molecule has 0 bridgehead atoms. The Kier molecular flexibility index (Phi) is 4.68. The highest BCUT2D eigenvalue weighted by Gasteiger charge is 2.59. The summed E-state index contributed by atoms with van der Waals surface area (Å²) in [5.41, 5.74) is -0.190. The van der Waals surface area contributed by atoms with Gasteiger partial charge in [-0.15, -0.1) is 0 Å². The minimum atomic E-state index is -0.438. The topological polar surface area (TPSA) is 37.3 Å². The highest BCUT2D eigenvalue weighted by atomic mass is 79.9. The molecule has 142 valence electrons. The molecule has 0 aromatic rings. The number of halogens is 1. The minimum absolute atomic E-state index is 0.249. The van der Waals surface area contributed by atoms with Gasteiger partial charge in [0.25, 0.3) is 0 Å². The van der Waals surface area contributed by atoms with Crippen LogP contribution in [0, 0.1) is 46.8 Å². The second kappa shape index (κ2) is 6.33. The van der Waals surface area contributed by atoms with E-state index in [1.165, 1.54) is 32.1 Å². The van der Waals surface area contributed by atoms with E-state index in [4.69, 9.17) is 0 Å². The van der Waals surface area contributed by atoms with Gasteiger partial charge in [0.1, 0.15) is 5.78 Å². The van der Waals surface area contributed by atoms with Crippen LogP contribution in [0.5, 0.6) is 0 Å². The molecular formula is C22H35BrO2. The van der Waals surface area contributed by atoms with E-state index in [1.807, 2.05) is 6.92 Å². The highest BCUT2D eigenvalue weighted by Crippen LogP contribution is 2.65. The van der Waals surface area contributed by atoms with Crippen molar-refractivity contribution in [3.8, 4) is 0 Å². The van der Waals surface area contributed by atoms with Crippen LogP contribution in [0.4, 0.5) is 0 Å². The van der Waals surface area contributed by atoms with Crippen LogP contribution in [0.15, 0.2) is 0 Å². The molecule has 4 aliphatic rings. The standard InChI is InChI=1S/C22H35BrO2/c1-13-10-16-14(15-6-8-21(2,25)11-17(13)15)7-9-22(3)18(16)4-5-19(22)20(24)12-23/h13-19,25H,4-12H2,1-3H3. The van der Waals surface area contributed by atoms with Gasteiger partial charge in [-0.25, -0.2) is 0 Å². The zero-order valence-corrected chi connectivity index (χ0v) is 17.7. The predicted octanol–water partition coefficient (Wildman–Crippen LogP) is 5.22. The van der Waals surface area contributed by atoms with Gasteiger partial charge in [0.05, 0.1) is 10.9 Å². The smallest absolute Gasteiger partial charge is 0.147 e. The maximum Gasteiger partial charge on any atom is 0.147 e. The van der Waals surface area contributed by atoms with Gasteiger partial charge in [-0.1, -0.05) is 29.8 Å². The molecule has 0 saturated heterocycles. The molecule has 2 nitrogen and oxygen atoms in total. The van der Waals surface area contributed by atoms with E-state index in [2.05, 4.69) is 29.8 Å². The van der Waals surface area contributed by atoms with Crippen molar-refractivity contribution in [1.82, 2.24) is 0 Å². The highest BCUT2D eigenvalue weighted by molar-refractivity contribution is 9.09. The van der Waals surface area contributed by atoms with E-state index in [0.717, 1.165) is 54.8 Å². The van der Waals surface area contributed by atoms with Crippen molar-refractivity contribution >= 4 is 21.7 Å². The molecule has 3 heteroatoms. The Bertz CT molecular complexity index is 544. The molecule has 0 heterocycles. The molecule has 0 spiro atoms. The molecule has 0 aromatic carbocycles. The first-order chi connectivity index (χ1) is 11.8. The summed E-state index contributed by atoms with van der Waals surface area (Å²) in [5.74, 6) is 5.44. The summed E-state index contributed by atoms with van der Waals surface area (Å²) in [6.45, 7) is 6.93. The number of hydrogen-bond acceptors (Lipinski definition) is 2. The van der Waals surface area contributed by atoms with Gasteiger partial charge in [-0.2, -0.15) is 0 Å². The summed E-state index contributed by atoms with van der Waals surface area (Å²) in [7, 11) is 0. The largest absolute Gasteiger partial charge is 0.390 e. The van der Waals surface area contributed by atoms with Crippen LogP contribution in [-0.2, 0) is 4.79 Å². The first-order valence-electron chi connectivity index (χ1n) is 10.6. The van der Waals surface area contributed by atoms with Crippen LogP contribution >= 0.6 is 15.9 Å². The van der Waals surface area contributed by atoms with Gasteiger partial charge < -0.3 is 5.11 Å². The zero-order chi connectivity index (χ0) is 18.0. The molecule has 4 rings (SSSR count). The van der Waals surface area contributed by atoms with Crippen LogP contribution in [0.1, 0.15) is 72.1 Å². The van der Waals surface area contributed by atoms with Crippen molar-refractivity contribution in [1.29, 1.82) is 0 Å². The number of Topliss-reactive ketones (excluding diaryl/α,β-unsaturated/α-hetero) is 1. The van der Waals surface area contributed by atoms with E-state index in [0.29, 0.717) is 11.1 Å². The molecule has 9 atom stereocenters. The second-order valence-electron chi connectivity index (χ2n) is 10.5. The van der Waals surface area contributed by atoms with Gasteiger partial charge in [0.15, 0.2) is 0 Å². The average Bonchev–Trinajstić information content (AvgIpc) is 2.91. The maximum atomic E-state index is 12.5. The Balaban J connectivity index is 1.58. The Labute approximate surface area is 161 Å². The van der Waals surface area contributed by atoms with E-state index >= 15 is 0 Å². The number of alkyl halides is 1. The lowest BCUT2D eigenvalue weighted by molar-refractivity contribution is -0.134. The number of carbonyl (C=O) groups is 1. The van der Waals surface area contributed by atoms with Crippen LogP contribution in [0.25, 0.3) is 0 Å². The summed E-state index contributed by atoms with van der Waals surface area (Å²) in [5, 5.41) is 11.1. The number of hydrogen-bond donors (Lipinski definition) is 1. The van der Waals surface area contributed by atoms with Crippen LogP contribution in [0.3, 0.4) is 0 Å². The summed E-state index contributed by atoms with van der Waals surface area (Å²) in [6.07, 6.45) is 9.49. The second-order valence-corrected chi connectivity index (χ2v) is 11.0. The number of carbonyl (C=O) groups excluding carboxylic acids is 1. The molecule has 0 aliphatic heterocycles. The van der Waals surface area contributed by atoms with E-state index in [-0.39, 0.29) is 11.3 Å². The van der Waals surface area contributed by atoms with E-state index in [9.17, 15) is 9.90 Å². The molecule has 0 radical (unpaired) electrons. The van der Waals surface area contributed by atoms with Gasteiger partial charge >= 0.3 is 0 Å². The summed E-state index contributed by atoms with van der Waals surface area (Å²) in [4.78, 5) is 12.5. The van der Waals surface area contributed by atoms with Crippen molar-refractivity contribution in [2.24, 2.45) is 46.8 Å². The minimum Gasteiger partial charge on any atom is -0.390 e. The Hall–Kier alpha value is 0.110. The van der Waals surface area contributed by atoms with Gasteiger partial charge in [-0.3, -0.25) is 4.79 Å². The predicted molar refractivity (Wildman–Crippen MR) is 105 cm³/mol. The van der Waals surface area contributed by atoms with E-state index in [1.54, 1.807) is 0 Å². The molecule has 4 fully saturated rings. The van der Waals surface area contributed by atoms with Gasteiger partial charge in [-0.05, 0) is 99.2 Å². The molecule has 25 heavy (non-hydrogen) atoms. The van der Waals surface area contributed by atoms with Crippen LogP contribution < -0.4 is 0 Å². The van der Waals surface area contributed by atoms with Crippen molar-refractivity contribution in [3.63, 3.8) is 0 Å². The first kappa shape index (κ1) is 18.5. The fourth-order valence-corrected chi connectivity index (χ4v) is 8.41. The summed E-state index contributed by atoms with van der Waals surface area (Å²) < 4.78 is 0. The van der Waals surface area contributed by atoms with Crippen molar-refractivity contribution in [3.05, 3.63) is 0 Å². The maximum absolute atomic E-state index is 12.5. The lowest BCUT2D eigenvalue weighted by atomic mass is 9.47. The third-order valence-corrected chi connectivity index (χ3v) is 9.73. The third-order valence-electron chi connectivity index (χ3n) is 9.18. The van der Waals surface area contributed by atoms with Gasteiger partial charge in [0, 0.05) is 5.92 Å². The molecule has 4 saturated carbocycles. The number of fused-ring (bicyclic) bond motifs is 5. The first-order valence-corrected chi connectivity index (χ1v) is 11.7. The number of aliphatic hydroxyl groups is 1. The average molecular weight is 411 g/mol. The Morgan fingerprint density at radius 1 is 1.04 bits per heavy atom. The summed E-state index contributed by atoms with van der Waals surface area (Å²) >= 11 is 3.43. The normalized spacial score (nSPS) is 55.2. The molecule has 0 amide bonds. The fourth-order valence-electron chi connectivity index (χ4n) is 8.02. The molecule has 9 unspecified atom stereocenters. The van der Waals surface area contributed by atoms with Crippen LogP contribution in [0.2, 0.25) is 0 Å². The summed E-state index contributed by atoms with van der Waals surface area (Å²) in [6, 6.07) is 0. The van der Waals surface area contributed by atoms with Crippen molar-refractivity contribution in [2.75, 3.05) is 5.33 Å². The third kappa shape index (κ3) is 2.87. The molecule has 1 N–H and O–H groups in total. The SMILES string of the molecule is CC1CC2C(CCC3(C)C(C(=O)CBr)CCC23)C2CCC(C)(O)CC12. The lowest BCUT2D eigenvalue weighted by Gasteiger charge is -2.58. The quantitative estimate of drug-likeness (QED) is 0.633. The Morgan fingerprint density at radius 2 is 1.72 bits per heavy atom. The zero-order valence-electron chi connectivity index (χ0n) is 16.1. The molecular weight excluding hydrogens is 376 g/mol. The molecule has 0 aromatic heterocycles. The van der Waals surface area contributed by atoms with Gasteiger partial charge in [0.2, 0.25) is 0 Å². The number of ketones is 1. The van der Waals surface area contributed by atoms with E-state index < -0.39 is 5.60 Å². The fraction of sp³-hybridized carbons (Fsp3) is 0.955. The molecule has 4 aliphatic carbocycles. The lowest BCUT2D eigenvalue weighted by Crippen LogP contribution is -2.53.